The normalized spacial score (nSPS) is 27.0. The lowest BCUT2D eigenvalue weighted by Crippen LogP contribution is -2.37. The Balaban J connectivity index is 2.04. The average molecular weight is 289 g/mol. The highest BCUT2D eigenvalue weighted by atomic mass is 16.4. The van der Waals surface area contributed by atoms with E-state index in [0.717, 1.165) is 23.9 Å². The Bertz CT molecular complexity index is 491. The van der Waals surface area contributed by atoms with Crippen LogP contribution < -0.4 is 5.73 Å². The number of oxime groups is 1. The van der Waals surface area contributed by atoms with Crippen LogP contribution in [0.2, 0.25) is 0 Å². The number of rotatable bonds is 4. The van der Waals surface area contributed by atoms with Crippen molar-refractivity contribution in [2.24, 2.45) is 22.7 Å². The van der Waals surface area contributed by atoms with E-state index in [1.165, 1.54) is 24.8 Å². The number of nitrogens with zero attached hydrogens (tertiary/aromatic N) is 2. The van der Waals surface area contributed by atoms with Crippen LogP contribution in [0.25, 0.3) is 0 Å². The molecule has 4 nitrogen and oxygen atoms in total. The predicted molar refractivity (Wildman–Crippen MR) is 86.4 cm³/mol. The zero-order valence-corrected chi connectivity index (χ0v) is 13.3. The second-order valence-corrected chi connectivity index (χ2v) is 6.67. The second-order valence-electron chi connectivity index (χ2n) is 6.67. The first-order chi connectivity index (χ1) is 9.99. The topological polar surface area (TPSA) is 61.8 Å². The lowest BCUT2D eigenvalue weighted by molar-refractivity contribution is 0.128. The molecule has 1 aliphatic rings. The molecule has 1 saturated carbocycles. The number of hydrogen-bond donors (Lipinski definition) is 2. The third-order valence-corrected chi connectivity index (χ3v) is 4.54. The van der Waals surface area contributed by atoms with E-state index in [-0.39, 0.29) is 5.84 Å². The molecule has 0 heterocycles. The minimum atomic E-state index is 0.166. The molecule has 0 aliphatic heterocycles. The van der Waals surface area contributed by atoms with Crippen molar-refractivity contribution in [1.82, 2.24) is 4.90 Å². The molecule has 1 fully saturated rings. The zero-order valence-electron chi connectivity index (χ0n) is 13.3. The maximum absolute atomic E-state index is 8.78. The van der Waals surface area contributed by atoms with Gasteiger partial charge in [0.05, 0.1) is 0 Å². The minimum absolute atomic E-state index is 0.166. The smallest absolute Gasteiger partial charge is 0.170 e. The molecule has 2 rings (SSSR count). The van der Waals surface area contributed by atoms with Gasteiger partial charge in [0.15, 0.2) is 5.84 Å². The number of nitrogens with two attached hydrogens (primary N) is 1. The number of amidine groups is 1. The van der Waals surface area contributed by atoms with Crippen LogP contribution >= 0.6 is 0 Å². The third kappa shape index (κ3) is 4.21. The standard InChI is InChI=1S/C17H27N3O/c1-12-7-13(2)9-16(8-12)20(3)11-14-5-4-6-15(10-14)17(18)19-21/h4-6,10,12-13,16,21H,7-9,11H2,1-3H3,(H2,18,19). The monoisotopic (exact) mass is 289 g/mol. The van der Waals surface area contributed by atoms with Gasteiger partial charge in [0.25, 0.3) is 0 Å². The Morgan fingerprint density at radius 3 is 2.57 bits per heavy atom. The molecule has 2 unspecified atom stereocenters. The zero-order chi connectivity index (χ0) is 15.4. The van der Waals surface area contributed by atoms with Crippen molar-refractivity contribution in [3.8, 4) is 0 Å². The van der Waals surface area contributed by atoms with Gasteiger partial charge in [-0.15, -0.1) is 0 Å². The summed E-state index contributed by atoms with van der Waals surface area (Å²) in [5.41, 5.74) is 7.63. The maximum Gasteiger partial charge on any atom is 0.170 e. The van der Waals surface area contributed by atoms with Crippen LogP contribution in [-0.4, -0.2) is 29.0 Å². The van der Waals surface area contributed by atoms with Crippen LogP contribution in [0.15, 0.2) is 29.4 Å². The number of benzene rings is 1. The molecular formula is C17H27N3O. The molecule has 0 bridgehead atoms. The van der Waals surface area contributed by atoms with E-state index in [1.807, 2.05) is 18.2 Å². The van der Waals surface area contributed by atoms with Crippen LogP contribution in [0.3, 0.4) is 0 Å². The second kappa shape index (κ2) is 6.94. The fraction of sp³-hybridized carbons (Fsp3) is 0.588. The van der Waals surface area contributed by atoms with E-state index in [9.17, 15) is 0 Å². The Morgan fingerprint density at radius 1 is 1.29 bits per heavy atom. The van der Waals surface area contributed by atoms with Crippen LogP contribution in [0.1, 0.15) is 44.2 Å². The van der Waals surface area contributed by atoms with Crippen LogP contribution in [0, 0.1) is 11.8 Å². The highest BCUT2D eigenvalue weighted by molar-refractivity contribution is 5.97. The summed E-state index contributed by atoms with van der Waals surface area (Å²) in [6, 6.07) is 8.57. The highest BCUT2D eigenvalue weighted by Crippen LogP contribution is 2.31. The summed E-state index contributed by atoms with van der Waals surface area (Å²) in [6.07, 6.45) is 3.91. The van der Waals surface area contributed by atoms with Gasteiger partial charge in [-0.25, -0.2) is 0 Å². The van der Waals surface area contributed by atoms with Gasteiger partial charge < -0.3 is 10.9 Å². The summed E-state index contributed by atoms with van der Waals surface area (Å²) in [6.45, 7) is 5.61. The SMILES string of the molecule is CC1CC(C)CC(N(C)Cc2cccc(C(N)=NO)c2)C1. The van der Waals surface area contributed by atoms with E-state index in [2.05, 4.69) is 37.0 Å². The fourth-order valence-corrected chi connectivity index (χ4v) is 3.57. The van der Waals surface area contributed by atoms with Gasteiger partial charge >= 0.3 is 0 Å². The van der Waals surface area contributed by atoms with Gasteiger partial charge in [0.1, 0.15) is 0 Å². The molecule has 0 spiro atoms. The average Bonchev–Trinajstić information content (AvgIpc) is 2.45. The van der Waals surface area contributed by atoms with Crippen molar-refractivity contribution < 1.29 is 5.21 Å². The molecule has 0 saturated heterocycles. The van der Waals surface area contributed by atoms with Crippen LogP contribution in [0.4, 0.5) is 0 Å². The van der Waals surface area contributed by atoms with Crippen molar-refractivity contribution in [3.63, 3.8) is 0 Å². The molecule has 1 aromatic carbocycles. The molecule has 116 valence electrons. The third-order valence-electron chi connectivity index (χ3n) is 4.54. The van der Waals surface area contributed by atoms with Gasteiger partial charge in [-0.05, 0) is 49.8 Å². The van der Waals surface area contributed by atoms with E-state index < -0.39 is 0 Å². The summed E-state index contributed by atoms with van der Waals surface area (Å²) in [7, 11) is 2.20. The Morgan fingerprint density at radius 2 is 1.95 bits per heavy atom. The Labute approximate surface area is 127 Å². The van der Waals surface area contributed by atoms with Crippen LogP contribution in [-0.2, 0) is 6.54 Å². The molecular weight excluding hydrogens is 262 g/mol. The van der Waals surface area contributed by atoms with Gasteiger partial charge in [-0.3, -0.25) is 4.90 Å². The molecule has 2 atom stereocenters. The van der Waals surface area contributed by atoms with E-state index in [1.54, 1.807) is 0 Å². The van der Waals surface area contributed by atoms with E-state index in [4.69, 9.17) is 10.9 Å². The molecule has 3 N–H and O–H groups in total. The molecule has 0 radical (unpaired) electrons. The van der Waals surface area contributed by atoms with Crippen molar-refractivity contribution >= 4 is 5.84 Å². The lowest BCUT2D eigenvalue weighted by Gasteiger charge is -2.37. The maximum atomic E-state index is 8.78. The first-order valence-corrected chi connectivity index (χ1v) is 7.76. The first-order valence-electron chi connectivity index (χ1n) is 7.76. The molecule has 21 heavy (non-hydrogen) atoms. The summed E-state index contributed by atoms with van der Waals surface area (Å²) in [5, 5.41) is 11.8. The summed E-state index contributed by atoms with van der Waals surface area (Å²) in [4.78, 5) is 2.44. The Kier molecular flexibility index (Phi) is 5.23. The lowest BCUT2D eigenvalue weighted by atomic mass is 9.80. The molecule has 0 aromatic heterocycles. The molecule has 1 aliphatic carbocycles. The first kappa shape index (κ1) is 15.8. The Hall–Kier alpha value is -1.55. The molecule has 0 amide bonds. The van der Waals surface area contributed by atoms with Crippen molar-refractivity contribution in [1.29, 1.82) is 0 Å². The largest absolute Gasteiger partial charge is 0.409 e. The minimum Gasteiger partial charge on any atom is -0.409 e. The molecule has 1 aromatic rings. The number of hydrogen-bond acceptors (Lipinski definition) is 3. The van der Waals surface area contributed by atoms with Crippen molar-refractivity contribution in [2.75, 3.05) is 7.05 Å². The van der Waals surface area contributed by atoms with E-state index >= 15 is 0 Å². The van der Waals surface area contributed by atoms with Crippen molar-refractivity contribution in [2.45, 2.75) is 45.7 Å². The summed E-state index contributed by atoms with van der Waals surface area (Å²) in [5.74, 6) is 1.79. The highest BCUT2D eigenvalue weighted by Gasteiger charge is 2.26. The van der Waals surface area contributed by atoms with Gasteiger partial charge in [0.2, 0.25) is 0 Å². The van der Waals surface area contributed by atoms with Gasteiger partial charge in [0, 0.05) is 18.2 Å². The van der Waals surface area contributed by atoms with Crippen molar-refractivity contribution in [3.05, 3.63) is 35.4 Å². The fourth-order valence-electron chi connectivity index (χ4n) is 3.57. The summed E-state index contributed by atoms with van der Waals surface area (Å²) < 4.78 is 0. The quantitative estimate of drug-likeness (QED) is 0.387. The van der Waals surface area contributed by atoms with Gasteiger partial charge in [-0.1, -0.05) is 37.2 Å². The molecule has 4 heteroatoms. The predicted octanol–water partition coefficient (Wildman–Crippen LogP) is 3.04. The van der Waals surface area contributed by atoms with Crippen LogP contribution in [0.5, 0.6) is 0 Å². The summed E-state index contributed by atoms with van der Waals surface area (Å²) >= 11 is 0. The van der Waals surface area contributed by atoms with Gasteiger partial charge in [-0.2, -0.15) is 0 Å². The van der Waals surface area contributed by atoms with E-state index in [0.29, 0.717) is 6.04 Å².